The third-order valence-corrected chi connectivity index (χ3v) is 2.65. The highest BCUT2D eigenvalue weighted by atomic mass is 16.5. The lowest BCUT2D eigenvalue weighted by molar-refractivity contribution is -0.135. The van der Waals surface area contributed by atoms with Crippen molar-refractivity contribution in [3.05, 3.63) is 34.9 Å². The van der Waals surface area contributed by atoms with Gasteiger partial charge in [-0.1, -0.05) is 19.1 Å². The van der Waals surface area contributed by atoms with E-state index in [1.807, 2.05) is 25.2 Å². The molecule has 0 aromatic carbocycles. The zero-order chi connectivity index (χ0) is 11.5. The number of cyclic esters (lactones) is 1. The molecule has 0 saturated carbocycles. The van der Waals surface area contributed by atoms with E-state index in [-0.39, 0.29) is 5.97 Å². The monoisotopic (exact) mass is 221 g/mol. The fourth-order valence-corrected chi connectivity index (χ4v) is 1.84. The van der Waals surface area contributed by atoms with E-state index in [4.69, 9.17) is 4.74 Å². The van der Waals surface area contributed by atoms with E-state index < -0.39 is 6.23 Å². The van der Waals surface area contributed by atoms with Gasteiger partial charge in [-0.15, -0.1) is 0 Å². The first-order valence-corrected chi connectivity index (χ1v) is 5.42. The van der Waals surface area contributed by atoms with Crippen LogP contribution in [0.4, 0.5) is 0 Å². The number of rotatable bonds is 3. The van der Waals surface area contributed by atoms with Crippen molar-refractivity contribution in [2.45, 2.75) is 19.6 Å². The molecule has 0 bridgehead atoms. The van der Waals surface area contributed by atoms with Crippen LogP contribution in [-0.2, 0) is 9.53 Å². The third-order valence-electron chi connectivity index (χ3n) is 2.65. The third kappa shape index (κ3) is 2.08. The van der Waals surface area contributed by atoms with E-state index in [1.165, 1.54) is 0 Å². The first-order valence-electron chi connectivity index (χ1n) is 5.42. The molecule has 0 aromatic heterocycles. The number of hydrogen-bond acceptors (Lipinski definition) is 4. The first kappa shape index (κ1) is 11.1. The Morgan fingerprint density at radius 3 is 3.12 bits per heavy atom. The molecular formula is C12H15NO3. The number of ether oxygens (including phenoxy) is 1. The van der Waals surface area contributed by atoms with Crippen molar-refractivity contribution in [2.75, 3.05) is 13.2 Å². The summed E-state index contributed by atoms with van der Waals surface area (Å²) in [5.74, 6) is -0.265. The number of nitrogens with one attached hydrogen (secondary N) is 1. The SMILES string of the molecule is CCNC(O)C1=CCC=C2C(=O)OCC2=C1. The Kier molecular flexibility index (Phi) is 3.22. The second kappa shape index (κ2) is 4.63. The van der Waals surface area contributed by atoms with E-state index in [9.17, 15) is 9.90 Å². The average Bonchev–Trinajstić information content (AvgIpc) is 2.52. The zero-order valence-electron chi connectivity index (χ0n) is 9.19. The summed E-state index contributed by atoms with van der Waals surface area (Å²) in [7, 11) is 0. The highest BCUT2D eigenvalue weighted by Gasteiger charge is 2.26. The van der Waals surface area contributed by atoms with Crippen LogP contribution in [0.15, 0.2) is 34.9 Å². The van der Waals surface area contributed by atoms with Gasteiger partial charge < -0.3 is 9.84 Å². The van der Waals surface area contributed by atoms with E-state index in [2.05, 4.69) is 5.32 Å². The maximum Gasteiger partial charge on any atom is 0.338 e. The molecule has 0 amide bonds. The molecule has 1 unspecified atom stereocenters. The topological polar surface area (TPSA) is 58.6 Å². The van der Waals surface area contributed by atoms with Crippen molar-refractivity contribution in [3.8, 4) is 0 Å². The Morgan fingerprint density at radius 1 is 1.56 bits per heavy atom. The van der Waals surface area contributed by atoms with Crippen molar-refractivity contribution >= 4 is 5.97 Å². The summed E-state index contributed by atoms with van der Waals surface area (Å²) in [6.45, 7) is 2.93. The molecule has 4 nitrogen and oxygen atoms in total. The number of carbonyl (C=O) groups excluding carboxylic acids is 1. The van der Waals surface area contributed by atoms with Crippen LogP contribution in [-0.4, -0.2) is 30.5 Å². The smallest absolute Gasteiger partial charge is 0.338 e. The molecule has 0 radical (unpaired) electrons. The van der Waals surface area contributed by atoms with Crippen LogP contribution in [0.5, 0.6) is 0 Å². The molecule has 1 aliphatic heterocycles. The van der Waals surface area contributed by atoms with E-state index in [0.717, 1.165) is 11.1 Å². The van der Waals surface area contributed by atoms with Crippen LogP contribution in [0, 0.1) is 0 Å². The lowest BCUT2D eigenvalue weighted by Crippen LogP contribution is -2.29. The lowest BCUT2D eigenvalue weighted by Gasteiger charge is -2.12. The van der Waals surface area contributed by atoms with Crippen LogP contribution in [0.2, 0.25) is 0 Å². The minimum absolute atomic E-state index is 0.265. The predicted molar refractivity (Wildman–Crippen MR) is 59.5 cm³/mol. The highest BCUT2D eigenvalue weighted by Crippen LogP contribution is 2.26. The molecule has 0 spiro atoms. The number of esters is 1. The molecule has 1 atom stereocenters. The van der Waals surface area contributed by atoms with Gasteiger partial charge in [0.15, 0.2) is 0 Å². The standard InChI is InChI=1S/C12H15NO3/c1-2-13-11(14)8-4-3-5-10-9(6-8)7-16-12(10)15/h4-6,11,13-14H,2-3,7H2,1H3. The average molecular weight is 221 g/mol. The van der Waals surface area contributed by atoms with E-state index >= 15 is 0 Å². The van der Waals surface area contributed by atoms with Gasteiger partial charge in [-0.2, -0.15) is 0 Å². The second-order valence-electron chi connectivity index (χ2n) is 3.76. The van der Waals surface area contributed by atoms with Crippen molar-refractivity contribution in [3.63, 3.8) is 0 Å². The quantitative estimate of drug-likeness (QED) is 0.543. The summed E-state index contributed by atoms with van der Waals surface area (Å²) in [4.78, 5) is 11.3. The van der Waals surface area contributed by atoms with Crippen LogP contribution in [0.1, 0.15) is 13.3 Å². The fraction of sp³-hybridized carbons (Fsp3) is 0.417. The summed E-state index contributed by atoms with van der Waals surface area (Å²) in [5, 5.41) is 12.7. The van der Waals surface area contributed by atoms with E-state index in [0.29, 0.717) is 25.1 Å². The van der Waals surface area contributed by atoms with Crippen molar-refractivity contribution in [2.24, 2.45) is 0 Å². The molecule has 0 aromatic rings. The van der Waals surface area contributed by atoms with Gasteiger partial charge >= 0.3 is 5.97 Å². The number of hydrogen-bond donors (Lipinski definition) is 2. The van der Waals surface area contributed by atoms with Crippen LogP contribution >= 0.6 is 0 Å². The summed E-state index contributed by atoms with van der Waals surface area (Å²) in [5.41, 5.74) is 2.28. The Hall–Kier alpha value is -1.39. The number of carbonyl (C=O) groups is 1. The molecule has 2 rings (SSSR count). The largest absolute Gasteiger partial charge is 0.457 e. The number of allylic oxidation sites excluding steroid dienone is 2. The van der Waals surface area contributed by atoms with E-state index in [1.54, 1.807) is 0 Å². The Morgan fingerprint density at radius 2 is 2.38 bits per heavy atom. The molecule has 1 saturated heterocycles. The Labute approximate surface area is 94.3 Å². The lowest BCUT2D eigenvalue weighted by atomic mass is 10.1. The molecule has 2 aliphatic rings. The van der Waals surface area contributed by atoms with Crippen LogP contribution < -0.4 is 5.32 Å². The van der Waals surface area contributed by atoms with Crippen molar-refractivity contribution in [1.29, 1.82) is 0 Å². The Bertz CT molecular complexity index is 393. The molecule has 16 heavy (non-hydrogen) atoms. The molecule has 1 heterocycles. The van der Waals surface area contributed by atoms with Crippen LogP contribution in [0.3, 0.4) is 0 Å². The maximum absolute atomic E-state index is 11.3. The summed E-state index contributed by atoms with van der Waals surface area (Å²) in [6.07, 6.45) is 5.55. The number of likely N-dealkylation sites (N-methyl/N-ethyl adjacent to an activating group) is 1. The fourth-order valence-electron chi connectivity index (χ4n) is 1.84. The summed E-state index contributed by atoms with van der Waals surface area (Å²) in [6, 6.07) is 0. The minimum Gasteiger partial charge on any atom is -0.457 e. The normalized spacial score (nSPS) is 21.4. The van der Waals surface area contributed by atoms with Gasteiger partial charge in [-0.25, -0.2) is 4.79 Å². The van der Waals surface area contributed by atoms with Crippen LogP contribution in [0.25, 0.3) is 0 Å². The van der Waals surface area contributed by atoms with Crippen molar-refractivity contribution < 1.29 is 14.6 Å². The van der Waals surface area contributed by atoms with Gasteiger partial charge in [0.2, 0.25) is 0 Å². The maximum atomic E-state index is 11.3. The van der Waals surface area contributed by atoms with Gasteiger partial charge in [0.25, 0.3) is 0 Å². The number of fused-ring (bicyclic) bond motifs is 1. The van der Waals surface area contributed by atoms with Gasteiger partial charge in [0, 0.05) is 5.57 Å². The van der Waals surface area contributed by atoms with Gasteiger partial charge in [0.1, 0.15) is 12.8 Å². The second-order valence-corrected chi connectivity index (χ2v) is 3.76. The highest BCUT2D eigenvalue weighted by molar-refractivity contribution is 5.96. The van der Waals surface area contributed by atoms with Gasteiger partial charge in [-0.05, 0) is 24.6 Å². The molecule has 1 fully saturated rings. The molecule has 4 heteroatoms. The molecule has 86 valence electrons. The number of aliphatic hydroxyl groups excluding tert-OH is 1. The minimum atomic E-state index is -0.680. The number of aliphatic hydroxyl groups is 1. The Balaban J connectivity index is 2.21. The molecular weight excluding hydrogens is 206 g/mol. The van der Waals surface area contributed by atoms with Gasteiger partial charge in [0.05, 0.1) is 5.57 Å². The molecule has 2 N–H and O–H groups in total. The zero-order valence-corrected chi connectivity index (χ0v) is 9.19. The summed E-state index contributed by atoms with van der Waals surface area (Å²) < 4.78 is 4.94. The predicted octanol–water partition coefficient (Wildman–Crippen LogP) is 0.654. The van der Waals surface area contributed by atoms with Crippen molar-refractivity contribution in [1.82, 2.24) is 5.32 Å². The summed E-state index contributed by atoms with van der Waals surface area (Å²) >= 11 is 0. The molecule has 1 aliphatic carbocycles. The first-order chi connectivity index (χ1) is 7.72. The van der Waals surface area contributed by atoms with Gasteiger partial charge in [-0.3, -0.25) is 5.32 Å².